The second kappa shape index (κ2) is 3.57. The maximum atomic E-state index is 11.7. The number of amides is 3. The van der Waals surface area contributed by atoms with E-state index in [1.54, 1.807) is 0 Å². The second-order valence-corrected chi connectivity index (χ2v) is 3.72. The molecule has 2 atom stereocenters. The van der Waals surface area contributed by atoms with Gasteiger partial charge in [0.25, 0.3) is 5.91 Å². The largest absolute Gasteiger partial charge is 0.339 e. The van der Waals surface area contributed by atoms with Crippen molar-refractivity contribution in [1.29, 1.82) is 0 Å². The van der Waals surface area contributed by atoms with E-state index < -0.39 is 11.6 Å². The number of nitrogens with zero attached hydrogens (tertiary/aromatic N) is 1. The Labute approximate surface area is 83.6 Å². The van der Waals surface area contributed by atoms with Crippen LogP contribution in [0.4, 0.5) is 4.79 Å². The van der Waals surface area contributed by atoms with Gasteiger partial charge in [0.05, 0.1) is 0 Å². The van der Waals surface area contributed by atoms with E-state index in [4.69, 9.17) is 5.84 Å². The lowest BCUT2D eigenvalue weighted by atomic mass is 9.81. The summed E-state index contributed by atoms with van der Waals surface area (Å²) >= 11 is 0. The maximum absolute atomic E-state index is 11.7. The first-order chi connectivity index (χ1) is 6.50. The van der Waals surface area contributed by atoms with Gasteiger partial charge in [0.1, 0.15) is 5.54 Å². The Kier molecular flexibility index (Phi) is 2.80. The van der Waals surface area contributed by atoms with Crippen molar-refractivity contribution in [2.75, 3.05) is 0 Å². The Hall–Kier alpha value is -1.10. The van der Waals surface area contributed by atoms with Crippen LogP contribution in [-0.2, 0) is 4.79 Å². The highest BCUT2D eigenvalue weighted by atomic mass is 16.2. The fourth-order valence-corrected chi connectivity index (χ4v) is 2.03. The summed E-state index contributed by atoms with van der Waals surface area (Å²) in [6, 6.07) is -0.503. The Morgan fingerprint density at radius 1 is 1.50 bits per heavy atom. The van der Waals surface area contributed by atoms with Crippen LogP contribution in [0, 0.1) is 5.92 Å². The molecule has 0 spiro atoms. The van der Waals surface area contributed by atoms with Gasteiger partial charge in [-0.15, -0.1) is 0 Å². The minimum atomic E-state index is -0.855. The molecule has 2 unspecified atom stereocenters. The van der Waals surface area contributed by atoms with Crippen LogP contribution >= 0.6 is 0 Å². The zero-order valence-corrected chi connectivity index (χ0v) is 8.83. The first kappa shape index (κ1) is 11.0. The summed E-state index contributed by atoms with van der Waals surface area (Å²) < 4.78 is 0. The molecule has 1 saturated heterocycles. The number of nitrogens with two attached hydrogens (primary N) is 1. The molecule has 1 aliphatic heterocycles. The van der Waals surface area contributed by atoms with E-state index in [2.05, 4.69) is 5.32 Å². The van der Waals surface area contributed by atoms with Gasteiger partial charge in [-0.2, -0.15) is 0 Å². The maximum Gasteiger partial charge on any atom is 0.339 e. The molecule has 3 amide bonds. The highest BCUT2D eigenvalue weighted by Crippen LogP contribution is 2.32. The van der Waals surface area contributed by atoms with Crippen LogP contribution in [0.15, 0.2) is 0 Å². The number of hydrazine groups is 1. The van der Waals surface area contributed by atoms with Gasteiger partial charge in [-0.25, -0.2) is 15.6 Å². The molecular weight excluding hydrogens is 182 g/mol. The molecule has 0 bridgehead atoms. The molecule has 0 aromatic carbocycles. The van der Waals surface area contributed by atoms with Crippen molar-refractivity contribution in [3.63, 3.8) is 0 Å². The van der Waals surface area contributed by atoms with Crippen LogP contribution in [0.5, 0.6) is 0 Å². The predicted molar refractivity (Wildman–Crippen MR) is 52.0 cm³/mol. The molecule has 0 aliphatic carbocycles. The van der Waals surface area contributed by atoms with E-state index >= 15 is 0 Å². The molecule has 5 heteroatoms. The zero-order chi connectivity index (χ0) is 10.9. The van der Waals surface area contributed by atoms with Crippen molar-refractivity contribution in [2.24, 2.45) is 11.8 Å². The first-order valence-electron chi connectivity index (χ1n) is 4.91. The Balaban J connectivity index is 3.09. The molecular formula is C9H17N3O2. The lowest BCUT2D eigenvalue weighted by molar-refractivity contribution is -0.129. The highest BCUT2D eigenvalue weighted by Gasteiger charge is 2.53. The molecule has 14 heavy (non-hydrogen) atoms. The second-order valence-electron chi connectivity index (χ2n) is 3.72. The van der Waals surface area contributed by atoms with Gasteiger partial charge < -0.3 is 0 Å². The molecule has 0 radical (unpaired) electrons. The Morgan fingerprint density at radius 2 is 2.07 bits per heavy atom. The summed E-state index contributed by atoms with van der Waals surface area (Å²) in [6.45, 7) is 5.78. The number of urea groups is 1. The minimum absolute atomic E-state index is 0.0592. The highest BCUT2D eigenvalue weighted by molar-refractivity contribution is 6.06. The monoisotopic (exact) mass is 199 g/mol. The summed E-state index contributed by atoms with van der Waals surface area (Å²) in [5.74, 6) is 5.42. The van der Waals surface area contributed by atoms with Crippen molar-refractivity contribution < 1.29 is 9.59 Å². The number of carbonyl (C=O) groups excluding carboxylic acids is 2. The van der Waals surface area contributed by atoms with Crippen molar-refractivity contribution in [1.82, 2.24) is 10.3 Å². The van der Waals surface area contributed by atoms with E-state index in [1.165, 1.54) is 0 Å². The summed E-state index contributed by atoms with van der Waals surface area (Å²) in [7, 11) is 0. The van der Waals surface area contributed by atoms with Gasteiger partial charge >= 0.3 is 6.03 Å². The zero-order valence-electron chi connectivity index (χ0n) is 8.83. The van der Waals surface area contributed by atoms with Crippen molar-refractivity contribution in [3.8, 4) is 0 Å². The summed E-state index contributed by atoms with van der Waals surface area (Å²) in [6.07, 6.45) is 1.35. The van der Waals surface area contributed by atoms with Gasteiger partial charge in [0, 0.05) is 0 Å². The third-order valence-electron chi connectivity index (χ3n) is 3.23. The van der Waals surface area contributed by atoms with Gasteiger partial charge in [0.2, 0.25) is 0 Å². The fourth-order valence-electron chi connectivity index (χ4n) is 2.03. The van der Waals surface area contributed by atoms with E-state index in [-0.39, 0.29) is 11.8 Å². The number of imide groups is 1. The number of rotatable bonds is 3. The Morgan fingerprint density at radius 3 is 2.36 bits per heavy atom. The van der Waals surface area contributed by atoms with Crippen molar-refractivity contribution >= 4 is 11.9 Å². The third-order valence-corrected chi connectivity index (χ3v) is 3.23. The third kappa shape index (κ3) is 1.19. The molecule has 0 aromatic rings. The average molecular weight is 199 g/mol. The molecule has 1 fully saturated rings. The SMILES string of the molecule is CCC(C)C1(CC)C(=O)NC(=O)N1N. The van der Waals surface area contributed by atoms with E-state index in [0.29, 0.717) is 6.42 Å². The van der Waals surface area contributed by atoms with Crippen LogP contribution in [0.2, 0.25) is 0 Å². The first-order valence-corrected chi connectivity index (χ1v) is 4.91. The van der Waals surface area contributed by atoms with E-state index in [9.17, 15) is 9.59 Å². The van der Waals surface area contributed by atoms with Crippen molar-refractivity contribution in [2.45, 2.75) is 39.2 Å². The Bertz CT molecular complexity index is 267. The molecule has 1 aliphatic rings. The average Bonchev–Trinajstić information content (AvgIpc) is 2.39. The molecule has 0 saturated carbocycles. The molecule has 1 heterocycles. The number of carbonyl (C=O) groups is 2. The number of hydrogen-bond donors (Lipinski definition) is 2. The van der Waals surface area contributed by atoms with Crippen LogP contribution in [0.25, 0.3) is 0 Å². The normalized spacial score (nSPS) is 29.3. The van der Waals surface area contributed by atoms with E-state index in [1.807, 2.05) is 20.8 Å². The topological polar surface area (TPSA) is 75.4 Å². The van der Waals surface area contributed by atoms with Crippen LogP contribution in [0.1, 0.15) is 33.6 Å². The van der Waals surface area contributed by atoms with Gasteiger partial charge in [-0.05, 0) is 12.3 Å². The lowest BCUT2D eigenvalue weighted by Gasteiger charge is -2.35. The van der Waals surface area contributed by atoms with Gasteiger partial charge in [-0.1, -0.05) is 27.2 Å². The minimum Gasteiger partial charge on any atom is -0.275 e. The fraction of sp³-hybridized carbons (Fsp3) is 0.778. The summed E-state index contributed by atoms with van der Waals surface area (Å²) in [5.41, 5.74) is -0.855. The standard InChI is InChI=1S/C9H17N3O2/c1-4-6(3)9(5-2)7(13)11-8(14)12(9)10/h6H,4-5,10H2,1-3H3,(H,11,13,14). The predicted octanol–water partition coefficient (Wildman–Crippen LogP) is 0.607. The van der Waals surface area contributed by atoms with Crippen LogP contribution < -0.4 is 11.2 Å². The lowest BCUT2D eigenvalue weighted by Crippen LogP contribution is -2.57. The molecule has 5 nitrogen and oxygen atoms in total. The quantitative estimate of drug-likeness (QED) is 0.397. The molecule has 0 aromatic heterocycles. The molecule has 80 valence electrons. The van der Waals surface area contributed by atoms with Gasteiger partial charge in [-0.3, -0.25) is 10.1 Å². The van der Waals surface area contributed by atoms with E-state index in [0.717, 1.165) is 11.4 Å². The van der Waals surface area contributed by atoms with Gasteiger partial charge in [0.15, 0.2) is 0 Å². The van der Waals surface area contributed by atoms with Crippen LogP contribution in [0.3, 0.4) is 0 Å². The van der Waals surface area contributed by atoms with Crippen LogP contribution in [-0.4, -0.2) is 22.5 Å². The van der Waals surface area contributed by atoms with Crippen molar-refractivity contribution in [3.05, 3.63) is 0 Å². The smallest absolute Gasteiger partial charge is 0.275 e. The summed E-state index contributed by atoms with van der Waals surface area (Å²) in [5, 5.41) is 3.29. The summed E-state index contributed by atoms with van der Waals surface area (Å²) in [4.78, 5) is 22.9. The molecule has 3 N–H and O–H groups in total. The molecule has 1 rings (SSSR count). The number of nitrogens with one attached hydrogen (secondary N) is 1. The number of hydrogen-bond acceptors (Lipinski definition) is 3.